The Labute approximate surface area is 140 Å². The maximum atomic E-state index is 14.1. The predicted octanol–water partition coefficient (Wildman–Crippen LogP) is 5.06. The highest BCUT2D eigenvalue weighted by atomic mass is 79.9. The fourth-order valence-corrected chi connectivity index (χ4v) is 3.51. The lowest BCUT2D eigenvalue weighted by molar-refractivity contribution is 0.207. The second-order valence-electron chi connectivity index (χ2n) is 4.79. The molecule has 112 valence electrons. The van der Waals surface area contributed by atoms with Crippen LogP contribution in [0.25, 0.3) is 0 Å². The minimum absolute atomic E-state index is 0.205. The normalized spacial score (nSPS) is 12.3. The van der Waals surface area contributed by atoms with E-state index in [2.05, 4.69) is 31.9 Å². The molecule has 0 bridgehead atoms. The van der Waals surface area contributed by atoms with Gasteiger partial charge in [0, 0.05) is 20.1 Å². The van der Waals surface area contributed by atoms with E-state index in [0.29, 0.717) is 15.8 Å². The number of aliphatic hydroxyl groups excluding tert-OH is 1. The molecule has 2 nitrogen and oxygen atoms in total. The van der Waals surface area contributed by atoms with E-state index in [9.17, 15) is 9.50 Å². The summed E-state index contributed by atoms with van der Waals surface area (Å²) in [7, 11) is 1.54. The van der Waals surface area contributed by atoms with E-state index < -0.39 is 11.9 Å². The highest BCUT2D eigenvalue weighted by molar-refractivity contribution is 9.10. The summed E-state index contributed by atoms with van der Waals surface area (Å²) in [6, 6.07) is 6.54. The zero-order valence-electron chi connectivity index (χ0n) is 11.9. The molecule has 0 heterocycles. The molecule has 1 atom stereocenters. The van der Waals surface area contributed by atoms with Crippen LogP contribution in [0.5, 0.6) is 5.75 Å². The molecule has 0 radical (unpaired) electrons. The van der Waals surface area contributed by atoms with Crippen LogP contribution in [0.1, 0.15) is 28.4 Å². The summed E-state index contributed by atoms with van der Waals surface area (Å²) in [5.41, 5.74) is 2.46. The Bertz CT molecular complexity index is 666. The van der Waals surface area contributed by atoms with Gasteiger partial charge in [0.2, 0.25) is 0 Å². The number of hydrogen-bond donors (Lipinski definition) is 1. The number of benzene rings is 2. The third-order valence-corrected chi connectivity index (χ3v) is 4.97. The van der Waals surface area contributed by atoms with Gasteiger partial charge >= 0.3 is 0 Å². The average Bonchev–Trinajstić information content (AvgIpc) is 2.42. The average molecular weight is 418 g/mol. The smallest absolute Gasteiger partial charge is 0.130 e. The number of methoxy groups -OCH3 is 1. The van der Waals surface area contributed by atoms with Crippen LogP contribution in [0, 0.1) is 19.7 Å². The molecule has 0 spiro atoms. The van der Waals surface area contributed by atoms with Gasteiger partial charge in [0.05, 0.1) is 7.11 Å². The number of rotatable bonds is 3. The summed E-state index contributed by atoms with van der Waals surface area (Å²) in [5, 5.41) is 10.7. The summed E-state index contributed by atoms with van der Waals surface area (Å²) in [6.07, 6.45) is -1.12. The second-order valence-corrected chi connectivity index (χ2v) is 6.49. The van der Waals surface area contributed by atoms with Crippen molar-refractivity contribution in [2.24, 2.45) is 0 Å². The molecule has 21 heavy (non-hydrogen) atoms. The van der Waals surface area contributed by atoms with Crippen LogP contribution in [-0.4, -0.2) is 12.2 Å². The van der Waals surface area contributed by atoms with Gasteiger partial charge in [0.25, 0.3) is 0 Å². The van der Waals surface area contributed by atoms with Gasteiger partial charge in [0.1, 0.15) is 17.7 Å². The molecule has 0 aliphatic heterocycles. The van der Waals surface area contributed by atoms with Crippen LogP contribution >= 0.6 is 31.9 Å². The Morgan fingerprint density at radius 1 is 1.14 bits per heavy atom. The zero-order valence-corrected chi connectivity index (χ0v) is 15.0. The quantitative estimate of drug-likeness (QED) is 0.756. The third-order valence-electron chi connectivity index (χ3n) is 3.46. The van der Waals surface area contributed by atoms with Crippen LogP contribution in [-0.2, 0) is 0 Å². The Kier molecular flexibility index (Phi) is 5.07. The van der Waals surface area contributed by atoms with E-state index in [4.69, 9.17) is 4.74 Å². The maximum absolute atomic E-state index is 14.1. The van der Waals surface area contributed by atoms with Crippen molar-refractivity contribution < 1.29 is 14.2 Å². The van der Waals surface area contributed by atoms with Gasteiger partial charge in [0.15, 0.2) is 0 Å². The molecule has 1 N–H and O–H groups in total. The van der Waals surface area contributed by atoms with Crippen molar-refractivity contribution in [3.8, 4) is 5.75 Å². The highest BCUT2D eigenvalue weighted by Crippen LogP contribution is 2.41. The van der Waals surface area contributed by atoms with Crippen molar-refractivity contribution >= 4 is 31.9 Å². The minimum atomic E-state index is -1.12. The molecule has 2 rings (SSSR count). The molecule has 0 aromatic heterocycles. The second kappa shape index (κ2) is 6.46. The largest absolute Gasteiger partial charge is 0.496 e. The first-order chi connectivity index (χ1) is 9.88. The highest BCUT2D eigenvalue weighted by Gasteiger charge is 2.25. The van der Waals surface area contributed by atoms with Crippen molar-refractivity contribution in [3.05, 3.63) is 61.3 Å². The van der Waals surface area contributed by atoms with Crippen LogP contribution in [0.2, 0.25) is 0 Å². The third kappa shape index (κ3) is 3.00. The summed E-state index contributed by atoms with van der Waals surface area (Å²) in [6.45, 7) is 3.75. The van der Waals surface area contributed by atoms with E-state index in [0.717, 1.165) is 15.6 Å². The molecule has 5 heteroatoms. The monoisotopic (exact) mass is 416 g/mol. The number of aliphatic hydroxyl groups is 1. The summed E-state index contributed by atoms with van der Waals surface area (Å²) < 4.78 is 20.9. The summed E-state index contributed by atoms with van der Waals surface area (Å²) in [4.78, 5) is 0. The molecule has 0 saturated heterocycles. The van der Waals surface area contributed by atoms with E-state index in [1.807, 2.05) is 19.9 Å². The number of halogens is 3. The van der Waals surface area contributed by atoms with E-state index in [-0.39, 0.29) is 5.56 Å². The van der Waals surface area contributed by atoms with Crippen molar-refractivity contribution in [3.63, 3.8) is 0 Å². The first-order valence-electron chi connectivity index (χ1n) is 6.34. The van der Waals surface area contributed by atoms with E-state index in [1.54, 1.807) is 19.2 Å². The molecule has 0 aliphatic rings. The number of ether oxygens (including phenoxy) is 1. The standard InChI is InChI=1S/C16H15Br2FO2/c1-8-7-11(18)9(2)13(16(8)21-3)15(20)14-10(17)5-4-6-12(14)19/h4-7,15,20H,1-3H3. The lowest BCUT2D eigenvalue weighted by Crippen LogP contribution is -2.09. The molecule has 0 amide bonds. The molecular formula is C16H15Br2FO2. The lowest BCUT2D eigenvalue weighted by Gasteiger charge is -2.21. The van der Waals surface area contributed by atoms with Gasteiger partial charge in [-0.15, -0.1) is 0 Å². The van der Waals surface area contributed by atoms with Crippen LogP contribution in [0.4, 0.5) is 4.39 Å². The molecule has 2 aromatic rings. The van der Waals surface area contributed by atoms with Gasteiger partial charge in [-0.05, 0) is 43.2 Å². The van der Waals surface area contributed by atoms with Gasteiger partial charge in [-0.2, -0.15) is 0 Å². The molecule has 0 fully saturated rings. The van der Waals surface area contributed by atoms with Gasteiger partial charge in [-0.25, -0.2) is 4.39 Å². The lowest BCUT2D eigenvalue weighted by atomic mass is 9.94. The maximum Gasteiger partial charge on any atom is 0.130 e. The number of hydrogen-bond acceptors (Lipinski definition) is 2. The van der Waals surface area contributed by atoms with Crippen molar-refractivity contribution in [2.45, 2.75) is 20.0 Å². The molecule has 1 unspecified atom stereocenters. The summed E-state index contributed by atoms with van der Waals surface area (Å²) >= 11 is 6.77. The zero-order chi connectivity index (χ0) is 15.7. The molecular weight excluding hydrogens is 403 g/mol. The first kappa shape index (κ1) is 16.5. The predicted molar refractivity (Wildman–Crippen MR) is 88.3 cm³/mol. The SMILES string of the molecule is COc1c(C)cc(Br)c(C)c1C(O)c1c(F)cccc1Br. The van der Waals surface area contributed by atoms with Crippen molar-refractivity contribution in [1.82, 2.24) is 0 Å². The Balaban J connectivity index is 2.71. The topological polar surface area (TPSA) is 29.5 Å². The van der Waals surface area contributed by atoms with Gasteiger partial charge in [-0.1, -0.05) is 37.9 Å². The number of aryl methyl sites for hydroxylation is 1. The summed E-state index contributed by atoms with van der Waals surface area (Å²) in [5.74, 6) is 0.106. The van der Waals surface area contributed by atoms with E-state index >= 15 is 0 Å². The van der Waals surface area contributed by atoms with Crippen LogP contribution in [0.15, 0.2) is 33.2 Å². The molecule has 0 aliphatic carbocycles. The Hall–Kier alpha value is -0.910. The Morgan fingerprint density at radius 2 is 1.81 bits per heavy atom. The fourth-order valence-electron chi connectivity index (χ4n) is 2.39. The molecule has 2 aromatic carbocycles. The van der Waals surface area contributed by atoms with Gasteiger partial charge < -0.3 is 9.84 Å². The van der Waals surface area contributed by atoms with Crippen LogP contribution < -0.4 is 4.74 Å². The Morgan fingerprint density at radius 3 is 2.38 bits per heavy atom. The minimum Gasteiger partial charge on any atom is -0.496 e. The molecule has 0 saturated carbocycles. The van der Waals surface area contributed by atoms with Gasteiger partial charge in [-0.3, -0.25) is 0 Å². The van der Waals surface area contributed by atoms with Crippen molar-refractivity contribution in [1.29, 1.82) is 0 Å². The fraction of sp³-hybridized carbons (Fsp3) is 0.250. The van der Waals surface area contributed by atoms with E-state index in [1.165, 1.54) is 6.07 Å². The van der Waals surface area contributed by atoms with Crippen LogP contribution in [0.3, 0.4) is 0 Å². The first-order valence-corrected chi connectivity index (χ1v) is 7.92. The van der Waals surface area contributed by atoms with Crippen molar-refractivity contribution in [2.75, 3.05) is 7.11 Å².